The van der Waals surface area contributed by atoms with Gasteiger partial charge in [-0.3, -0.25) is 4.79 Å². The van der Waals surface area contributed by atoms with Crippen LogP contribution in [0.2, 0.25) is 0 Å². The number of halogens is 1. The molecule has 1 aliphatic rings. The number of carbonyl (C=O) groups excluding carboxylic acids is 1. The van der Waals surface area contributed by atoms with Crippen molar-refractivity contribution in [1.29, 1.82) is 0 Å². The number of aromatic nitrogens is 2. The zero-order valence-corrected chi connectivity index (χ0v) is 14.7. The summed E-state index contributed by atoms with van der Waals surface area (Å²) in [6, 6.07) is 6.35. The summed E-state index contributed by atoms with van der Waals surface area (Å²) in [6.07, 6.45) is 11.3. The summed E-state index contributed by atoms with van der Waals surface area (Å²) in [5.74, 6) is -0.0711. The molecule has 6 heteroatoms. The molecule has 0 saturated carbocycles. The quantitative estimate of drug-likeness (QED) is 0.741. The summed E-state index contributed by atoms with van der Waals surface area (Å²) >= 11 is 0. The second-order valence-electron chi connectivity index (χ2n) is 6.35. The Bertz CT molecular complexity index is 774. The number of carbonyl (C=O) groups is 1. The number of nitrogens with zero attached hydrogens (tertiary/aromatic N) is 2. The Morgan fingerprint density at radius 1 is 1.15 bits per heavy atom. The fourth-order valence-corrected chi connectivity index (χ4v) is 2.93. The Balaban J connectivity index is 1.46. The average Bonchev–Trinajstić information content (AvgIpc) is 2.68. The third-order valence-electron chi connectivity index (χ3n) is 4.42. The molecule has 2 aromatic rings. The fourth-order valence-electron chi connectivity index (χ4n) is 2.93. The molecule has 1 amide bonds. The summed E-state index contributed by atoms with van der Waals surface area (Å²) in [5, 5.41) is 5.88. The summed E-state index contributed by atoms with van der Waals surface area (Å²) < 4.78 is 13.6. The molecule has 136 valence electrons. The third kappa shape index (κ3) is 5.12. The summed E-state index contributed by atoms with van der Waals surface area (Å²) in [5.41, 5.74) is 2.15. The summed E-state index contributed by atoms with van der Waals surface area (Å²) in [4.78, 5) is 20.5. The molecule has 0 unspecified atom stereocenters. The first-order valence-electron chi connectivity index (χ1n) is 8.98. The van der Waals surface area contributed by atoms with Crippen molar-refractivity contribution >= 4 is 11.7 Å². The van der Waals surface area contributed by atoms with Gasteiger partial charge < -0.3 is 10.6 Å². The molecule has 1 aromatic heterocycles. The molecule has 0 saturated heterocycles. The number of amides is 1. The number of rotatable bonds is 7. The van der Waals surface area contributed by atoms with Crippen molar-refractivity contribution < 1.29 is 9.18 Å². The van der Waals surface area contributed by atoms with Crippen LogP contribution in [0.4, 0.5) is 10.2 Å². The average molecular weight is 354 g/mol. The van der Waals surface area contributed by atoms with Gasteiger partial charge in [0.25, 0.3) is 5.91 Å². The van der Waals surface area contributed by atoms with Crippen LogP contribution in [0.15, 0.2) is 48.3 Å². The topological polar surface area (TPSA) is 66.9 Å². The van der Waals surface area contributed by atoms with E-state index in [0.717, 1.165) is 13.0 Å². The van der Waals surface area contributed by atoms with Gasteiger partial charge in [-0.1, -0.05) is 29.8 Å². The number of nitrogens with one attached hydrogen (secondary N) is 2. The number of benzene rings is 1. The standard InChI is InChI=1S/C20H23FN4O/c21-17-9-5-4-8-16(17)12-25-20(26)18-13-24-19(14-23-18)22-11-10-15-6-2-1-3-7-15/h4-6,8-9,13-14H,1-3,7,10-12H2,(H,22,24)(H,25,26). The van der Waals surface area contributed by atoms with E-state index in [4.69, 9.17) is 0 Å². The predicted octanol–water partition coefficient (Wildman–Crippen LogP) is 3.85. The van der Waals surface area contributed by atoms with E-state index in [-0.39, 0.29) is 24.0 Å². The lowest BCUT2D eigenvalue weighted by molar-refractivity contribution is 0.0945. The van der Waals surface area contributed by atoms with Crippen molar-refractivity contribution in [3.63, 3.8) is 0 Å². The number of allylic oxidation sites excluding steroid dienone is 1. The van der Waals surface area contributed by atoms with Crippen LogP contribution in [0.1, 0.15) is 48.2 Å². The molecule has 2 N–H and O–H groups in total. The first kappa shape index (κ1) is 18.0. The van der Waals surface area contributed by atoms with Gasteiger partial charge in [-0.05, 0) is 38.2 Å². The van der Waals surface area contributed by atoms with Crippen LogP contribution >= 0.6 is 0 Å². The van der Waals surface area contributed by atoms with Gasteiger partial charge in [0, 0.05) is 18.7 Å². The molecule has 0 atom stereocenters. The van der Waals surface area contributed by atoms with E-state index in [2.05, 4.69) is 26.7 Å². The van der Waals surface area contributed by atoms with E-state index < -0.39 is 0 Å². The number of hydrogen-bond donors (Lipinski definition) is 2. The van der Waals surface area contributed by atoms with Crippen molar-refractivity contribution in [2.75, 3.05) is 11.9 Å². The molecule has 1 heterocycles. The maximum Gasteiger partial charge on any atom is 0.271 e. The first-order chi connectivity index (χ1) is 12.7. The van der Waals surface area contributed by atoms with Gasteiger partial charge in [0.2, 0.25) is 0 Å². The van der Waals surface area contributed by atoms with Crippen molar-refractivity contribution in [3.05, 3.63) is 65.4 Å². The molecule has 1 aromatic carbocycles. The van der Waals surface area contributed by atoms with Gasteiger partial charge in [0.15, 0.2) is 0 Å². The number of hydrogen-bond acceptors (Lipinski definition) is 4. The minimum Gasteiger partial charge on any atom is -0.368 e. The van der Waals surface area contributed by atoms with E-state index in [1.165, 1.54) is 43.5 Å². The normalized spacial score (nSPS) is 13.8. The SMILES string of the molecule is O=C(NCc1ccccc1F)c1cnc(NCCC2=CCCCC2)cn1. The molecule has 5 nitrogen and oxygen atoms in total. The zero-order valence-electron chi connectivity index (χ0n) is 14.7. The molecule has 26 heavy (non-hydrogen) atoms. The monoisotopic (exact) mass is 354 g/mol. The van der Waals surface area contributed by atoms with E-state index in [9.17, 15) is 9.18 Å². The van der Waals surface area contributed by atoms with Gasteiger partial charge in [-0.2, -0.15) is 0 Å². The first-order valence-corrected chi connectivity index (χ1v) is 8.98. The Morgan fingerprint density at radius 3 is 2.77 bits per heavy atom. The highest BCUT2D eigenvalue weighted by atomic mass is 19.1. The zero-order chi connectivity index (χ0) is 18.2. The van der Waals surface area contributed by atoms with Gasteiger partial charge in [0.05, 0.1) is 12.4 Å². The highest BCUT2D eigenvalue weighted by Crippen LogP contribution is 2.19. The molecule has 0 aliphatic heterocycles. The van der Waals surface area contributed by atoms with E-state index >= 15 is 0 Å². The molecule has 0 fully saturated rings. The minimum atomic E-state index is -0.375. The Hall–Kier alpha value is -2.76. The van der Waals surface area contributed by atoms with Crippen molar-refractivity contribution in [3.8, 4) is 0 Å². The maximum atomic E-state index is 13.6. The lowest BCUT2D eigenvalue weighted by atomic mass is 9.97. The lowest BCUT2D eigenvalue weighted by Crippen LogP contribution is -2.24. The molecule has 0 spiro atoms. The van der Waals surface area contributed by atoms with Gasteiger partial charge in [0.1, 0.15) is 17.3 Å². The Morgan fingerprint density at radius 2 is 2.04 bits per heavy atom. The predicted molar refractivity (Wildman–Crippen MR) is 99.3 cm³/mol. The van der Waals surface area contributed by atoms with Crippen LogP contribution in [-0.2, 0) is 6.54 Å². The lowest BCUT2D eigenvalue weighted by Gasteiger charge is -2.13. The molecular weight excluding hydrogens is 331 g/mol. The van der Waals surface area contributed by atoms with E-state index in [1.54, 1.807) is 24.4 Å². The van der Waals surface area contributed by atoms with Crippen LogP contribution in [-0.4, -0.2) is 22.4 Å². The Kier molecular flexibility index (Phi) is 6.30. The third-order valence-corrected chi connectivity index (χ3v) is 4.42. The molecule has 1 aliphatic carbocycles. The van der Waals surface area contributed by atoms with Gasteiger partial charge in [-0.25, -0.2) is 14.4 Å². The number of anilines is 1. The van der Waals surface area contributed by atoms with Crippen LogP contribution in [0.3, 0.4) is 0 Å². The Labute approximate surface area is 152 Å². The van der Waals surface area contributed by atoms with Crippen LogP contribution in [0, 0.1) is 5.82 Å². The van der Waals surface area contributed by atoms with Gasteiger partial charge in [-0.15, -0.1) is 0 Å². The highest BCUT2D eigenvalue weighted by molar-refractivity contribution is 5.91. The second kappa shape index (κ2) is 9.08. The van der Waals surface area contributed by atoms with E-state index in [0.29, 0.717) is 11.4 Å². The van der Waals surface area contributed by atoms with Crippen LogP contribution in [0.5, 0.6) is 0 Å². The van der Waals surface area contributed by atoms with E-state index in [1.807, 2.05) is 0 Å². The fraction of sp³-hybridized carbons (Fsp3) is 0.350. The second-order valence-corrected chi connectivity index (χ2v) is 6.35. The minimum absolute atomic E-state index is 0.113. The van der Waals surface area contributed by atoms with Crippen molar-refractivity contribution in [1.82, 2.24) is 15.3 Å². The molecular formula is C20H23FN4O. The van der Waals surface area contributed by atoms with Crippen LogP contribution < -0.4 is 10.6 Å². The van der Waals surface area contributed by atoms with Gasteiger partial charge >= 0.3 is 0 Å². The van der Waals surface area contributed by atoms with Crippen molar-refractivity contribution in [2.24, 2.45) is 0 Å². The smallest absolute Gasteiger partial charge is 0.271 e. The highest BCUT2D eigenvalue weighted by Gasteiger charge is 2.09. The summed E-state index contributed by atoms with van der Waals surface area (Å²) in [7, 11) is 0. The molecule has 0 radical (unpaired) electrons. The largest absolute Gasteiger partial charge is 0.368 e. The molecule has 3 rings (SSSR count). The maximum absolute atomic E-state index is 13.6. The van der Waals surface area contributed by atoms with Crippen LogP contribution in [0.25, 0.3) is 0 Å². The van der Waals surface area contributed by atoms with Crippen molar-refractivity contribution in [2.45, 2.75) is 38.6 Å². The summed E-state index contributed by atoms with van der Waals surface area (Å²) in [6.45, 7) is 0.918. The molecule has 0 bridgehead atoms.